The van der Waals surface area contributed by atoms with Gasteiger partial charge in [0.1, 0.15) is 0 Å². The largest absolute Gasteiger partial charge is 0.396 e. The fraction of sp³-hybridized carbons (Fsp3) is 0.286. The summed E-state index contributed by atoms with van der Waals surface area (Å²) in [4.78, 5) is 17.9. The average molecular weight is 242 g/mol. The Bertz CT molecular complexity index is 592. The first-order valence-electron chi connectivity index (χ1n) is 6.03. The predicted octanol–water partition coefficient (Wildman–Crippen LogP) is 1.58. The quantitative estimate of drug-likeness (QED) is 0.870. The van der Waals surface area contributed by atoms with Crippen molar-refractivity contribution in [3.63, 3.8) is 0 Å². The normalized spacial score (nSPS) is 19.7. The topological polar surface area (TPSA) is 53.4 Å². The number of fused-ring (bicyclic) bond motifs is 1. The van der Waals surface area contributed by atoms with E-state index in [4.69, 9.17) is 5.11 Å². The molecule has 0 aliphatic carbocycles. The van der Waals surface area contributed by atoms with Crippen molar-refractivity contribution in [1.82, 2.24) is 4.98 Å². The Labute approximate surface area is 105 Å². The van der Waals surface area contributed by atoms with E-state index in [1.807, 2.05) is 24.3 Å². The van der Waals surface area contributed by atoms with Crippen LogP contribution in [0, 0.1) is 5.92 Å². The van der Waals surface area contributed by atoms with Crippen molar-refractivity contribution in [2.75, 3.05) is 18.1 Å². The van der Waals surface area contributed by atoms with Gasteiger partial charge in [-0.2, -0.15) is 0 Å². The van der Waals surface area contributed by atoms with Crippen LogP contribution in [0.5, 0.6) is 0 Å². The molecule has 0 saturated carbocycles. The van der Waals surface area contributed by atoms with Crippen LogP contribution in [0.3, 0.4) is 0 Å². The molecule has 1 N–H and O–H groups in total. The van der Waals surface area contributed by atoms with Crippen molar-refractivity contribution in [1.29, 1.82) is 0 Å². The van der Waals surface area contributed by atoms with E-state index >= 15 is 0 Å². The van der Waals surface area contributed by atoms with Crippen LogP contribution in [0.2, 0.25) is 0 Å². The van der Waals surface area contributed by atoms with Crippen molar-refractivity contribution >= 4 is 22.4 Å². The van der Waals surface area contributed by atoms with Crippen LogP contribution in [-0.4, -0.2) is 29.1 Å². The Morgan fingerprint density at radius 1 is 1.33 bits per heavy atom. The number of aliphatic hydroxyl groups is 1. The molecule has 2 heterocycles. The van der Waals surface area contributed by atoms with Gasteiger partial charge in [0.2, 0.25) is 5.91 Å². The molecule has 0 spiro atoms. The lowest BCUT2D eigenvalue weighted by Gasteiger charge is -2.18. The molecule has 1 aliphatic heterocycles. The maximum absolute atomic E-state index is 12.0. The molecule has 3 rings (SSSR count). The van der Waals surface area contributed by atoms with Crippen LogP contribution < -0.4 is 4.90 Å². The number of hydrogen-bond acceptors (Lipinski definition) is 3. The number of pyridine rings is 1. The maximum atomic E-state index is 12.0. The molecule has 0 radical (unpaired) electrons. The molecule has 18 heavy (non-hydrogen) atoms. The molecule has 1 atom stereocenters. The van der Waals surface area contributed by atoms with Crippen molar-refractivity contribution in [2.45, 2.75) is 6.42 Å². The van der Waals surface area contributed by atoms with E-state index in [9.17, 15) is 4.79 Å². The van der Waals surface area contributed by atoms with E-state index in [2.05, 4.69) is 4.98 Å². The summed E-state index contributed by atoms with van der Waals surface area (Å²) in [6.07, 6.45) is 3.93. The van der Waals surface area contributed by atoms with E-state index in [0.29, 0.717) is 13.0 Å². The Morgan fingerprint density at radius 3 is 2.94 bits per heavy atom. The predicted molar refractivity (Wildman–Crippen MR) is 69.3 cm³/mol. The van der Waals surface area contributed by atoms with Gasteiger partial charge < -0.3 is 10.0 Å². The minimum absolute atomic E-state index is 0.0384. The van der Waals surface area contributed by atoms with Gasteiger partial charge in [-0.15, -0.1) is 0 Å². The molecule has 1 aromatic heterocycles. The molecule has 92 valence electrons. The molecular weight excluding hydrogens is 228 g/mol. The molecular formula is C14H14N2O2. The van der Waals surface area contributed by atoms with E-state index in [0.717, 1.165) is 16.5 Å². The molecule has 0 bridgehead atoms. The van der Waals surface area contributed by atoms with Crippen LogP contribution in [-0.2, 0) is 4.79 Å². The number of carbonyl (C=O) groups excluding carboxylic acids is 1. The molecule has 4 nitrogen and oxygen atoms in total. The van der Waals surface area contributed by atoms with Crippen LogP contribution in [0.4, 0.5) is 5.69 Å². The van der Waals surface area contributed by atoms with Gasteiger partial charge in [0, 0.05) is 42.5 Å². The second-order valence-electron chi connectivity index (χ2n) is 4.64. The Hall–Kier alpha value is -1.94. The van der Waals surface area contributed by atoms with Gasteiger partial charge >= 0.3 is 0 Å². The zero-order chi connectivity index (χ0) is 12.5. The SMILES string of the molecule is O=C1CC(CO)CN1c1cncc2ccccc12. The van der Waals surface area contributed by atoms with E-state index in [-0.39, 0.29) is 18.4 Å². The fourth-order valence-corrected chi connectivity index (χ4v) is 2.45. The van der Waals surface area contributed by atoms with Gasteiger partial charge in [0.25, 0.3) is 0 Å². The molecule has 1 aliphatic rings. The number of nitrogens with zero attached hydrogens (tertiary/aromatic N) is 2. The summed E-state index contributed by atoms with van der Waals surface area (Å²) in [5.41, 5.74) is 0.842. The number of rotatable bonds is 2. The smallest absolute Gasteiger partial charge is 0.227 e. The molecule has 1 saturated heterocycles. The number of hydrogen-bond donors (Lipinski definition) is 1. The zero-order valence-corrected chi connectivity index (χ0v) is 9.91. The van der Waals surface area contributed by atoms with Crippen LogP contribution >= 0.6 is 0 Å². The lowest BCUT2D eigenvalue weighted by atomic mass is 10.1. The summed E-state index contributed by atoms with van der Waals surface area (Å²) in [6.45, 7) is 0.630. The minimum atomic E-state index is 0.0384. The number of aromatic nitrogens is 1. The van der Waals surface area contributed by atoms with Gasteiger partial charge in [0.15, 0.2) is 0 Å². The highest BCUT2D eigenvalue weighted by molar-refractivity contribution is 6.04. The van der Waals surface area contributed by atoms with E-state index in [1.54, 1.807) is 17.3 Å². The first-order chi connectivity index (χ1) is 8.79. The summed E-state index contributed by atoms with van der Waals surface area (Å²) >= 11 is 0. The van der Waals surface area contributed by atoms with Crippen LogP contribution in [0.15, 0.2) is 36.7 Å². The van der Waals surface area contributed by atoms with E-state index in [1.165, 1.54) is 0 Å². The number of amides is 1. The molecule has 4 heteroatoms. The fourth-order valence-electron chi connectivity index (χ4n) is 2.45. The lowest BCUT2D eigenvalue weighted by molar-refractivity contribution is -0.117. The average Bonchev–Trinajstić information content (AvgIpc) is 2.79. The van der Waals surface area contributed by atoms with Crippen LogP contribution in [0.1, 0.15) is 6.42 Å². The summed E-state index contributed by atoms with van der Waals surface area (Å²) < 4.78 is 0. The highest BCUT2D eigenvalue weighted by Gasteiger charge is 2.30. The minimum Gasteiger partial charge on any atom is -0.396 e. The summed E-state index contributed by atoms with van der Waals surface area (Å²) in [6, 6.07) is 7.88. The van der Waals surface area contributed by atoms with Crippen molar-refractivity contribution in [3.05, 3.63) is 36.7 Å². The number of aliphatic hydroxyl groups excluding tert-OH is 1. The summed E-state index contributed by atoms with van der Waals surface area (Å²) in [5.74, 6) is 0.101. The Morgan fingerprint density at radius 2 is 2.17 bits per heavy atom. The number of benzene rings is 1. The third-order valence-corrected chi connectivity index (χ3v) is 3.40. The van der Waals surface area contributed by atoms with Crippen molar-refractivity contribution in [3.8, 4) is 0 Å². The lowest BCUT2D eigenvalue weighted by Crippen LogP contribution is -2.25. The molecule has 1 amide bonds. The first kappa shape index (κ1) is 11.2. The van der Waals surface area contributed by atoms with Gasteiger partial charge in [0.05, 0.1) is 11.9 Å². The van der Waals surface area contributed by atoms with Gasteiger partial charge in [-0.3, -0.25) is 9.78 Å². The Balaban J connectivity index is 2.07. The zero-order valence-electron chi connectivity index (χ0n) is 9.91. The third kappa shape index (κ3) is 1.75. The van der Waals surface area contributed by atoms with Crippen LogP contribution in [0.25, 0.3) is 10.8 Å². The molecule has 1 aromatic carbocycles. The van der Waals surface area contributed by atoms with E-state index < -0.39 is 0 Å². The maximum Gasteiger partial charge on any atom is 0.227 e. The summed E-state index contributed by atoms with van der Waals surface area (Å²) in [5, 5.41) is 11.2. The van der Waals surface area contributed by atoms with Crippen molar-refractivity contribution < 1.29 is 9.90 Å². The molecule has 2 aromatic rings. The monoisotopic (exact) mass is 242 g/mol. The highest BCUT2D eigenvalue weighted by atomic mass is 16.3. The van der Waals surface area contributed by atoms with Gasteiger partial charge in [-0.1, -0.05) is 24.3 Å². The second-order valence-corrected chi connectivity index (χ2v) is 4.64. The third-order valence-electron chi connectivity index (χ3n) is 3.40. The number of anilines is 1. The number of carbonyl (C=O) groups is 1. The first-order valence-corrected chi connectivity index (χ1v) is 6.03. The van der Waals surface area contributed by atoms with Crippen molar-refractivity contribution in [2.24, 2.45) is 5.92 Å². The second kappa shape index (κ2) is 4.38. The van der Waals surface area contributed by atoms with Gasteiger partial charge in [-0.05, 0) is 0 Å². The molecule has 1 fully saturated rings. The Kier molecular flexibility index (Phi) is 2.72. The van der Waals surface area contributed by atoms with Gasteiger partial charge in [-0.25, -0.2) is 0 Å². The standard InChI is InChI=1S/C14H14N2O2/c17-9-10-5-14(18)16(8-10)13-7-15-6-11-3-1-2-4-12(11)13/h1-4,6-7,10,17H,5,8-9H2. The summed E-state index contributed by atoms with van der Waals surface area (Å²) in [7, 11) is 0. The molecule has 1 unspecified atom stereocenters. The highest BCUT2D eigenvalue weighted by Crippen LogP contribution is 2.30.